The van der Waals surface area contributed by atoms with Gasteiger partial charge in [0.15, 0.2) is 0 Å². The molecule has 3 N–H and O–H groups in total. The molecule has 1 aliphatic heterocycles. The van der Waals surface area contributed by atoms with Crippen LogP contribution in [-0.2, 0) is 25.2 Å². The average molecular weight is 526 g/mol. The Morgan fingerprint density at radius 2 is 1.70 bits per heavy atom. The molecule has 3 aromatic heterocycles. The maximum absolute atomic E-state index is 14.2. The molecule has 37 heavy (non-hydrogen) atoms. The molecule has 0 bridgehead atoms. The van der Waals surface area contributed by atoms with Gasteiger partial charge in [0, 0.05) is 55.5 Å². The predicted octanol–water partition coefficient (Wildman–Crippen LogP) is 5.32. The molecule has 4 heterocycles. The number of pyridine rings is 2. The summed E-state index contributed by atoms with van der Waals surface area (Å²) in [5.74, 6) is -0.703. The van der Waals surface area contributed by atoms with E-state index >= 15 is 0 Å². The first-order valence-corrected chi connectivity index (χ1v) is 11.5. The van der Waals surface area contributed by atoms with Gasteiger partial charge in [-0.25, -0.2) is 19.9 Å². The molecule has 0 aromatic carbocycles. The number of hydrogen-bond donors (Lipinski definition) is 2. The standard InChI is InChI=1S/C24H25F6N7/c1-12(2)20-34-16-7-10-37(22-15(23(25,26)27)5-4-8-33-22)9-6-13(16)19(36-20)14-11-17(31)35-21(32-3)18(14)24(28,29)30/h4-5,8,11-12H,6-7,9-10H2,1-3H3,(H3,31,32,35). The lowest BCUT2D eigenvalue weighted by atomic mass is 9.96. The topological polar surface area (TPSA) is 92.8 Å². The van der Waals surface area contributed by atoms with Crippen molar-refractivity contribution in [3.8, 4) is 11.3 Å². The van der Waals surface area contributed by atoms with Crippen molar-refractivity contribution in [1.82, 2.24) is 19.9 Å². The van der Waals surface area contributed by atoms with E-state index in [9.17, 15) is 26.3 Å². The highest BCUT2D eigenvalue weighted by molar-refractivity contribution is 5.76. The van der Waals surface area contributed by atoms with Gasteiger partial charge in [-0.3, -0.25) is 0 Å². The average Bonchev–Trinajstić information content (AvgIpc) is 3.04. The Hall–Kier alpha value is -3.64. The van der Waals surface area contributed by atoms with Gasteiger partial charge >= 0.3 is 12.4 Å². The number of nitrogens with zero attached hydrogens (tertiary/aromatic N) is 5. The minimum absolute atomic E-state index is 0.0468. The van der Waals surface area contributed by atoms with Crippen molar-refractivity contribution in [2.45, 2.75) is 45.0 Å². The van der Waals surface area contributed by atoms with Crippen LogP contribution in [0.15, 0.2) is 24.4 Å². The number of hydrogen-bond acceptors (Lipinski definition) is 7. The lowest BCUT2D eigenvalue weighted by Crippen LogP contribution is -2.29. The molecule has 13 heteroatoms. The predicted molar refractivity (Wildman–Crippen MR) is 127 cm³/mol. The number of aromatic nitrogens is 4. The number of nitrogens with one attached hydrogen (secondary N) is 1. The number of anilines is 3. The summed E-state index contributed by atoms with van der Waals surface area (Å²) in [6.07, 6.45) is -7.82. The normalized spacial score (nSPS) is 14.5. The number of halogens is 6. The molecule has 0 saturated heterocycles. The van der Waals surface area contributed by atoms with Gasteiger partial charge < -0.3 is 16.0 Å². The van der Waals surface area contributed by atoms with Crippen molar-refractivity contribution in [3.05, 3.63) is 52.6 Å². The van der Waals surface area contributed by atoms with E-state index in [1.807, 2.05) is 13.8 Å². The molecule has 0 radical (unpaired) electrons. The van der Waals surface area contributed by atoms with E-state index in [1.165, 1.54) is 24.2 Å². The molecule has 3 aromatic rings. The van der Waals surface area contributed by atoms with Crippen molar-refractivity contribution in [1.29, 1.82) is 0 Å². The van der Waals surface area contributed by atoms with Crippen LogP contribution in [0.2, 0.25) is 0 Å². The zero-order valence-electron chi connectivity index (χ0n) is 20.3. The quantitative estimate of drug-likeness (QED) is 0.445. The first-order chi connectivity index (χ1) is 17.3. The van der Waals surface area contributed by atoms with Crippen molar-refractivity contribution in [2.75, 3.05) is 36.1 Å². The highest BCUT2D eigenvalue weighted by atomic mass is 19.4. The lowest BCUT2D eigenvalue weighted by Gasteiger charge is -2.24. The second-order valence-electron chi connectivity index (χ2n) is 8.94. The van der Waals surface area contributed by atoms with E-state index in [-0.39, 0.29) is 54.7 Å². The Labute approximate surface area is 209 Å². The summed E-state index contributed by atoms with van der Waals surface area (Å²) in [5, 5.41) is 2.45. The number of nitrogen functional groups attached to an aromatic ring is 1. The molecule has 198 valence electrons. The second-order valence-corrected chi connectivity index (χ2v) is 8.94. The van der Waals surface area contributed by atoms with E-state index in [4.69, 9.17) is 5.73 Å². The molecular formula is C24H25F6N7. The fourth-order valence-electron chi connectivity index (χ4n) is 4.40. The summed E-state index contributed by atoms with van der Waals surface area (Å²) >= 11 is 0. The summed E-state index contributed by atoms with van der Waals surface area (Å²) in [5.41, 5.74) is 4.65. The smallest absolute Gasteiger partial charge is 0.384 e. The fraction of sp³-hybridized carbons (Fsp3) is 0.417. The molecule has 0 fully saturated rings. The third kappa shape index (κ3) is 5.25. The Bertz CT molecular complexity index is 1300. The number of rotatable bonds is 4. The van der Waals surface area contributed by atoms with Crippen LogP contribution in [0.1, 0.15) is 48.0 Å². The van der Waals surface area contributed by atoms with Crippen LogP contribution in [0.3, 0.4) is 0 Å². The third-order valence-electron chi connectivity index (χ3n) is 6.08. The van der Waals surface area contributed by atoms with Gasteiger partial charge in [0.2, 0.25) is 0 Å². The first-order valence-electron chi connectivity index (χ1n) is 11.5. The molecule has 0 aliphatic carbocycles. The van der Waals surface area contributed by atoms with E-state index in [0.29, 0.717) is 17.1 Å². The van der Waals surface area contributed by atoms with E-state index < -0.39 is 29.3 Å². The Morgan fingerprint density at radius 3 is 2.32 bits per heavy atom. The van der Waals surface area contributed by atoms with Crippen LogP contribution in [0, 0.1) is 0 Å². The van der Waals surface area contributed by atoms with Crippen molar-refractivity contribution >= 4 is 17.5 Å². The summed E-state index contributed by atoms with van der Waals surface area (Å²) in [6, 6.07) is 3.29. The first kappa shape index (κ1) is 26.4. The van der Waals surface area contributed by atoms with Gasteiger partial charge in [-0.05, 0) is 24.6 Å². The second kappa shape index (κ2) is 9.67. The number of nitrogens with two attached hydrogens (primary N) is 1. The summed E-state index contributed by atoms with van der Waals surface area (Å²) in [7, 11) is 1.31. The van der Waals surface area contributed by atoms with Crippen LogP contribution in [0.5, 0.6) is 0 Å². The van der Waals surface area contributed by atoms with Gasteiger partial charge in [0.25, 0.3) is 0 Å². The van der Waals surface area contributed by atoms with Gasteiger partial charge in [-0.15, -0.1) is 0 Å². The van der Waals surface area contributed by atoms with Gasteiger partial charge in [-0.2, -0.15) is 26.3 Å². The molecule has 0 amide bonds. The molecule has 7 nitrogen and oxygen atoms in total. The third-order valence-corrected chi connectivity index (χ3v) is 6.08. The monoisotopic (exact) mass is 525 g/mol. The minimum Gasteiger partial charge on any atom is -0.384 e. The molecular weight excluding hydrogens is 500 g/mol. The summed E-state index contributed by atoms with van der Waals surface area (Å²) < 4.78 is 83.6. The van der Waals surface area contributed by atoms with Crippen LogP contribution in [0.4, 0.5) is 43.8 Å². The highest BCUT2D eigenvalue weighted by Gasteiger charge is 2.40. The molecule has 0 spiro atoms. The largest absolute Gasteiger partial charge is 0.420 e. The van der Waals surface area contributed by atoms with Crippen molar-refractivity contribution in [3.63, 3.8) is 0 Å². The summed E-state index contributed by atoms with van der Waals surface area (Å²) in [6.45, 7) is 3.84. The fourth-order valence-corrected chi connectivity index (χ4v) is 4.40. The van der Waals surface area contributed by atoms with Crippen molar-refractivity contribution in [2.24, 2.45) is 0 Å². The van der Waals surface area contributed by atoms with Crippen LogP contribution >= 0.6 is 0 Å². The Kier molecular flexibility index (Phi) is 6.91. The Morgan fingerprint density at radius 1 is 1.00 bits per heavy atom. The van der Waals surface area contributed by atoms with Gasteiger partial charge in [0.05, 0.1) is 11.3 Å². The minimum atomic E-state index is -4.78. The summed E-state index contributed by atoms with van der Waals surface area (Å²) in [4.78, 5) is 18.3. The van der Waals surface area contributed by atoms with Crippen LogP contribution in [-0.4, -0.2) is 40.1 Å². The van der Waals surface area contributed by atoms with Crippen LogP contribution < -0.4 is 16.0 Å². The van der Waals surface area contributed by atoms with Gasteiger partial charge in [-0.1, -0.05) is 13.8 Å². The SMILES string of the molecule is CNc1nc(N)cc(-c2nc(C(C)C)nc3c2CCN(c2ncccc2C(F)(F)F)CC3)c1C(F)(F)F. The number of fused-ring (bicyclic) bond motifs is 1. The van der Waals surface area contributed by atoms with Crippen LogP contribution in [0.25, 0.3) is 11.3 Å². The van der Waals surface area contributed by atoms with Crippen molar-refractivity contribution < 1.29 is 26.3 Å². The zero-order valence-corrected chi connectivity index (χ0v) is 20.3. The molecule has 0 unspecified atom stereocenters. The molecule has 0 atom stereocenters. The molecule has 1 aliphatic rings. The molecule has 4 rings (SSSR count). The number of alkyl halides is 6. The maximum Gasteiger partial charge on any atom is 0.420 e. The van der Waals surface area contributed by atoms with E-state index in [1.54, 1.807) is 0 Å². The van der Waals surface area contributed by atoms with E-state index in [2.05, 4.69) is 25.3 Å². The maximum atomic E-state index is 14.2. The molecule has 0 saturated carbocycles. The zero-order chi connectivity index (χ0) is 27.1. The lowest BCUT2D eigenvalue weighted by molar-refractivity contribution is -0.137. The highest BCUT2D eigenvalue weighted by Crippen LogP contribution is 2.43. The Balaban J connectivity index is 1.88. The van der Waals surface area contributed by atoms with Gasteiger partial charge in [0.1, 0.15) is 28.8 Å². The van der Waals surface area contributed by atoms with E-state index in [0.717, 1.165) is 12.1 Å².